The number of piperidine rings is 1. The van der Waals surface area contributed by atoms with E-state index < -0.39 is 0 Å². The average Bonchev–Trinajstić information content (AvgIpc) is 3.08. The topological polar surface area (TPSA) is 59.6 Å². The van der Waals surface area contributed by atoms with Crippen LogP contribution in [-0.2, 0) is 0 Å². The predicted molar refractivity (Wildman–Crippen MR) is 131 cm³/mol. The lowest BCUT2D eigenvalue weighted by molar-refractivity contribution is 0.117. The first kappa shape index (κ1) is 23.1. The summed E-state index contributed by atoms with van der Waals surface area (Å²) in [5.74, 6) is 1.90. The third-order valence-electron chi connectivity index (χ3n) is 6.97. The lowest BCUT2D eigenvalue weighted by Crippen LogP contribution is -2.49. The second-order valence-corrected chi connectivity index (χ2v) is 10.8. The van der Waals surface area contributed by atoms with Gasteiger partial charge in [0.2, 0.25) is 5.95 Å². The van der Waals surface area contributed by atoms with Crippen molar-refractivity contribution in [1.82, 2.24) is 23.9 Å². The molecule has 0 radical (unpaired) electrons. The van der Waals surface area contributed by atoms with Crippen LogP contribution in [-0.4, -0.2) is 77.6 Å². The molecule has 1 aliphatic carbocycles. The van der Waals surface area contributed by atoms with Gasteiger partial charge in [-0.05, 0) is 78.1 Å². The van der Waals surface area contributed by atoms with Gasteiger partial charge in [0.15, 0.2) is 0 Å². The Labute approximate surface area is 193 Å². The van der Waals surface area contributed by atoms with Gasteiger partial charge in [0.25, 0.3) is 0 Å². The molecule has 174 valence electrons. The van der Waals surface area contributed by atoms with E-state index in [1.54, 1.807) is 12.1 Å². The fourth-order valence-corrected chi connectivity index (χ4v) is 5.87. The van der Waals surface area contributed by atoms with E-state index >= 15 is 0 Å². The van der Waals surface area contributed by atoms with E-state index in [2.05, 4.69) is 49.3 Å². The van der Waals surface area contributed by atoms with Crippen molar-refractivity contribution in [2.45, 2.75) is 82.3 Å². The standard InChI is InChI=1S/C23H41N7S/c1-28(2)31-27-19-9-11-21(12-10-19)30-17-7-8-20(18-30)25-23-24-14-13-22(26-23)29-15-5-3-4-6-16-29/h13-14,19-21,27H,3-12,15-18H2,1-2H3,(H,24,25,26). The second kappa shape index (κ2) is 11.7. The molecule has 0 aromatic carbocycles. The molecule has 3 fully saturated rings. The Balaban J connectivity index is 1.27. The van der Waals surface area contributed by atoms with Crippen molar-refractivity contribution in [2.24, 2.45) is 0 Å². The molecule has 4 rings (SSSR count). The molecule has 2 N–H and O–H groups in total. The summed E-state index contributed by atoms with van der Waals surface area (Å²) in [4.78, 5) is 14.6. The number of hydrogen-bond acceptors (Lipinski definition) is 8. The fourth-order valence-electron chi connectivity index (χ4n) is 5.27. The van der Waals surface area contributed by atoms with Gasteiger partial charge in [0.05, 0.1) is 0 Å². The summed E-state index contributed by atoms with van der Waals surface area (Å²) < 4.78 is 5.75. The Kier molecular flexibility index (Phi) is 8.70. The Morgan fingerprint density at radius 1 is 0.935 bits per heavy atom. The molecule has 8 heteroatoms. The van der Waals surface area contributed by atoms with Crippen LogP contribution in [0.5, 0.6) is 0 Å². The second-order valence-electron chi connectivity index (χ2n) is 9.65. The van der Waals surface area contributed by atoms with Crippen molar-refractivity contribution in [3.05, 3.63) is 12.3 Å². The highest BCUT2D eigenvalue weighted by Crippen LogP contribution is 2.27. The van der Waals surface area contributed by atoms with Gasteiger partial charge in [0, 0.05) is 56.1 Å². The maximum atomic E-state index is 4.88. The van der Waals surface area contributed by atoms with Crippen LogP contribution in [0.4, 0.5) is 11.8 Å². The monoisotopic (exact) mass is 447 g/mol. The number of nitrogens with zero attached hydrogens (tertiary/aromatic N) is 5. The zero-order valence-corrected chi connectivity index (χ0v) is 20.2. The predicted octanol–water partition coefficient (Wildman–Crippen LogP) is 3.76. The Bertz CT molecular complexity index is 657. The molecule has 0 bridgehead atoms. The molecule has 1 aromatic rings. The summed E-state index contributed by atoms with van der Waals surface area (Å²) >= 11 is 1.73. The van der Waals surface area contributed by atoms with E-state index in [1.165, 1.54) is 70.8 Å². The van der Waals surface area contributed by atoms with Crippen LogP contribution < -0.4 is 14.9 Å². The van der Waals surface area contributed by atoms with Crippen LogP contribution in [0, 0.1) is 0 Å². The normalized spacial score (nSPS) is 28.5. The van der Waals surface area contributed by atoms with Gasteiger partial charge in [-0.1, -0.05) is 12.8 Å². The van der Waals surface area contributed by atoms with Gasteiger partial charge >= 0.3 is 0 Å². The first-order valence-corrected chi connectivity index (χ1v) is 13.1. The van der Waals surface area contributed by atoms with E-state index in [0.29, 0.717) is 12.1 Å². The van der Waals surface area contributed by atoms with Crippen LogP contribution in [0.25, 0.3) is 0 Å². The Morgan fingerprint density at radius 3 is 2.45 bits per heavy atom. The van der Waals surface area contributed by atoms with Crippen LogP contribution >= 0.6 is 12.1 Å². The molecular formula is C23H41N7S. The smallest absolute Gasteiger partial charge is 0.224 e. The Hall–Kier alpha value is -1.09. The van der Waals surface area contributed by atoms with Gasteiger partial charge in [-0.25, -0.2) is 14.0 Å². The maximum absolute atomic E-state index is 4.88. The van der Waals surface area contributed by atoms with Gasteiger partial charge < -0.3 is 10.2 Å². The molecule has 0 spiro atoms. The van der Waals surface area contributed by atoms with Crippen molar-refractivity contribution >= 4 is 23.9 Å². The first-order chi connectivity index (χ1) is 15.2. The van der Waals surface area contributed by atoms with Gasteiger partial charge in [-0.3, -0.25) is 4.90 Å². The molecule has 1 aromatic heterocycles. The van der Waals surface area contributed by atoms with Crippen molar-refractivity contribution in [3.8, 4) is 0 Å². The highest BCUT2D eigenvalue weighted by molar-refractivity contribution is 7.95. The van der Waals surface area contributed by atoms with E-state index in [4.69, 9.17) is 4.98 Å². The van der Waals surface area contributed by atoms with E-state index in [-0.39, 0.29) is 0 Å². The number of rotatable bonds is 7. The van der Waals surface area contributed by atoms with Crippen LogP contribution in [0.15, 0.2) is 12.3 Å². The van der Waals surface area contributed by atoms with Crippen LogP contribution in [0.2, 0.25) is 0 Å². The first-order valence-electron chi connectivity index (χ1n) is 12.4. The van der Waals surface area contributed by atoms with E-state index in [1.807, 2.05) is 6.20 Å². The molecule has 7 nitrogen and oxygen atoms in total. The average molecular weight is 448 g/mol. The van der Waals surface area contributed by atoms with Crippen molar-refractivity contribution < 1.29 is 0 Å². The van der Waals surface area contributed by atoms with Crippen LogP contribution in [0.3, 0.4) is 0 Å². The number of anilines is 2. The van der Waals surface area contributed by atoms with Crippen LogP contribution in [0.1, 0.15) is 64.2 Å². The minimum absolute atomic E-state index is 0.452. The molecular weight excluding hydrogens is 406 g/mol. The van der Waals surface area contributed by atoms with Gasteiger partial charge in [-0.15, -0.1) is 0 Å². The minimum Gasteiger partial charge on any atom is -0.356 e. The molecule has 1 unspecified atom stereocenters. The summed E-state index contributed by atoms with van der Waals surface area (Å²) in [6.07, 6.45) is 14.8. The van der Waals surface area contributed by atoms with Crippen molar-refractivity contribution in [2.75, 3.05) is 50.5 Å². The third kappa shape index (κ3) is 6.94. The lowest BCUT2D eigenvalue weighted by Gasteiger charge is -2.41. The minimum atomic E-state index is 0.452. The highest BCUT2D eigenvalue weighted by Gasteiger charge is 2.30. The van der Waals surface area contributed by atoms with Gasteiger partial charge in [0.1, 0.15) is 5.82 Å². The molecule has 1 saturated carbocycles. The van der Waals surface area contributed by atoms with E-state index in [9.17, 15) is 0 Å². The Morgan fingerprint density at radius 2 is 1.71 bits per heavy atom. The molecule has 2 aliphatic heterocycles. The summed E-state index contributed by atoms with van der Waals surface area (Å²) in [6, 6.07) is 3.91. The van der Waals surface area contributed by atoms with E-state index in [0.717, 1.165) is 37.4 Å². The molecule has 2 saturated heterocycles. The molecule has 1 atom stereocenters. The number of aromatic nitrogens is 2. The maximum Gasteiger partial charge on any atom is 0.224 e. The highest BCUT2D eigenvalue weighted by atomic mass is 32.2. The number of nitrogens with one attached hydrogen (secondary N) is 2. The summed E-state index contributed by atoms with van der Waals surface area (Å²) in [6.45, 7) is 4.60. The number of hydrogen-bond donors (Lipinski definition) is 2. The quantitative estimate of drug-likeness (QED) is 0.613. The molecule has 0 amide bonds. The zero-order chi connectivity index (χ0) is 21.5. The fraction of sp³-hybridized carbons (Fsp3) is 0.826. The van der Waals surface area contributed by atoms with Crippen molar-refractivity contribution in [1.29, 1.82) is 0 Å². The largest absolute Gasteiger partial charge is 0.356 e. The SMILES string of the molecule is CN(C)SNC1CCC(N2CCCC(Nc3nccc(N4CCCCCC4)n3)C2)CC1. The molecule has 3 aliphatic rings. The third-order valence-corrected chi connectivity index (χ3v) is 7.78. The number of likely N-dealkylation sites (tertiary alicyclic amines) is 1. The molecule has 31 heavy (non-hydrogen) atoms. The summed E-state index contributed by atoms with van der Waals surface area (Å²) in [5.41, 5.74) is 0. The van der Waals surface area contributed by atoms with Gasteiger partial charge in [-0.2, -0.15) is 4.98 Å². The lowest BCUT2D eigenvalue weighted by atomic mass is 9.89. The zero-order valence-electron chi connectivity index (χ0n) is 19.4. The summed E-state index contributed by atoms with van der Waals surface area (Å²) in [7, 11) is 4.19. The van der Waals surface area contributed by atoms with Crippen molar-refractivity contribution in [3.63, 3.8) is 0 Å². The summed E-state index contributed by atoms with van der Waals surface area (Å²) in [5, 5.41) is 3.67. The molecule has 3 heterocycles.